The van der Waals surface area contributed by atoms with Crippen molar-refractivity contribution in [2.24, 2.45) is 5.92 Å². The molecule has 3 nitrogen and oxygen atoms in total. The molecular formula is C16H24N2O. The largest absolute Gasteiger partial charge is 0.356 e. The maximum absolute atomic E-state index is 11.7. The second-order valence-electron chi connectivity index (χ2n) is 5.28. The van der Waals surface area contributed by atoms with E-state index in [2.05, 4.69) is 41.0 Å². The fraction of sp³-hybridized carbons (Fsp3) is 0.562. The monoisotopic (exact) mass is 260 g/mol. The van der Waals surface area contributed by atoms with E-state index in [0.29, 0.717) is 0 Å². The van der Waals surface area contributed by atoms with E-state index >= 15 is 0 Å². The van der Waals surface area contributed by atoms with Crippen molar-refractivity contribution in [3.05, 3.63) is 35.9 Å². The zero-order valence-electron chi connectivity index (χ0n) is 11.5. The van der Waals surface area contributed by atoms with E-state index in [4.69, 9.17) is 0 Å². The molecule has 1 fully saturated rings. The fourth-order valence-electron chi connectivity index (χ4n) is 2.51. The van der Waals surface area contributed by atoms with Gasteiger partial charge in [0.25, 0.3) is 0 Å². The summed E-state index contributed by atoms with van der Waals surface area (Å²) in [5.41, 5.74) is 1.41. The molecule has 2 N–H and O–H groups in total. The Labute approximate surface area is 115 Å². The van der Waals surface area contributed by atoms with E-state index in [1.165, 1.54) is 18.4 Å². The van der Waals surface area contributed by atoms with Crippen LogP contribution in [0.5, 0.6) is 0 Å². The van der Waals surface area contributed by atoms with Crippen LogP contribution in [0.25, 0.3) is 0 Å². The van der Waals surface area contributed by atoms with Gasteiger partial charge in [-0.15, -0.1) is 0 Å². The molecule has 2 rings (SSSR count). The first kappa shape index (κ1) is 14.1. The van der Waals surface area contributed by atoms with Gasteiger partial charge in [-0.2, -0.15) is 0 Å². The number of hydrogen-bond donors (Lipinski definition) is 2. The van der Waals surface area contributed by atoms with Crippen LogP contribution in [0.1, 0.15) is 31.2 Å². The summed E-state index contributed by atoms with van der Waals surface area (Å²) in [6.45, 7) is 2.65. The molecule has 1 heterocycles. The van der Waals surface area contributed by atoms with Crippen LogP contribution in [0.15, 0.2) is 30.3 Å². The van der Waals surface area contributed by atoms with E-state index in [9.17, 15) is 4.79 Å². The molecule has 0 radical (unpaired) electrons. The molecule has 0 bridgehead atoms. The molecule has 0 aliphatic carbocycles. The second kappa shape index (κ2) is 7.95. The number of benzene rings is 1. The third-order valence-electron chi connectivity index (χ3n) is 3.72. The Morgan fingerprint density at radius 3 is 2.79 bits per heavy atom. The van der Waals surface area contributed by atoms with Gasteiger partial charge in [-0.1, -0.05) is 36.8 Å². The molecule has 1 saturated heterocycles. The van der Waals surface area contributed by atoms with Crippen molar-refractivity contribution in [1.29, 1.82) is 0 Å². The van der Waals surface area contributed by atoms with Crippen molar-refractivity contribution >= 4 is 5.91 Å². The molecular weight excluding hydrogens is 236 g/mol. The SMILES string of the molecule is O=C(NCCCCCc1ccccc1)C1CCNC1. The zero-order chi connectivity index (χ0) is 13.3. The van der Waals surface area contributed by atoms with Gasteiger partial charge in [0.1, 0.15) is 0 Å². The molecule has 3 heteroatoms. The first-order valence-electron chi connectivity index (χ1n) is 7.38. The number of carbonyl (C=O) groups excluding carboxylic acids is 1. The summed E-state index contributed by atoms with van der Waals surface area (Å²) in [6, 6.07) is 10.6. The van der Waals surface area contributed by atoms with Crippen molar-refractivity contribution < 1.29 is 4.79 Å². The molecule has 1 aromatic rings. The Balaban J connectivity index is 1.49. The standard InChI is InChI=1S/C16H24N2O/c19-16(15-10-12-17-13-15)18-11-6-2-5-9-14-7-3-1-4-8-14/h1,3-4,7-8,15,17H,2,5-6,9-13H2,(H,18,19). The number of carbonyl (C=O) groups is 1. The van der Waals surface area contributed by atoms with E-state index in [-0.39, 0.29) is 11.8 Å². The molecule has 1 atom stereocenters. The fourth-order valence-corrected chi connectivity index (χ4v) is 2.51. The topological polar surface area (TPSA) is 41.1 Å². The summed E-state index contributed by atoms with van der Waals surface area (Å²) in [6.07, 6.45) is 5.59. The molecule has 0 spiro atoms. The maximum Gasteiger partial charge on any atom is 0.224 e. The summed E-state index contributed by atoms with van der Waals surface area (Å²) in [7, 11) is 0. The van der Waals surface area contributed by atoms with E-state index in [0.717, 1.165) is 38.9 Å². The van der Waals surface area contributed by atoms with Crippen LogP contribution in [0.4, 0.5) is 0 Å². The Bertz CT molecular complexity index is 372. The molecule has 0 aromatic heterocycles. The predicted molar refractivity (Wildman–Crippen MR) is 78.0 cm³/mol. The van der Waals surface area contributed by atoms with Gasteiger partial charge < -0.3 is 10.6 Å². The third-order valence-corrected chi connectivity index (χ3v) is 3.72. The summed E-state index contributed by atoms with van der Waals surface area (Å²) in [4.78, 5) is 11.7. The highest BCUT2D eigenvalue weighted by Crippen LogP contribution is 2.08. The molecule has 1 amide bonds. The summed E-state index contributed by atoms with van der Waals surface area (Å²) < 4.78 is 0. The Morgan fingerprint density at radius 2 is 2.05 bits per heavy atom. The lowest BCUT2D eigenvalue weighted by Gasteiger charge is -2.09. The van der Waals surface area contributed by atoms with Crippen molar-refractivity contribution in [2.45, 2.75) is 32.1 Å². The number of nitrogens with one attached hydrogen (secondary N) is 2. The Hall–Kier alpha value is -1.35. The van der Waals surface area contributed by atoms with Gasteiger partial charge in [-0.05, 0) is 37.8 Å². The van der Waals surface area contributed by atoms with Gasteiger partial charge >= 0.3 is 0 Å². The first-order valence-corrected chi connectivity index (χ1v) is 7.38. The molecule has 1 aromatic carbocycles. The lowest BCUT2D eigenvalue weighted by atomic mass is 10.1. The van der Waals surface area contributed by atoms with Gasteiger partial charge in [0.15, 0.2) is 0 Å². The summed E-state index contributed by atoms with van der Waals surface area (Å²) in [5, 5.41) is 6.27. The molecule has 1 aliphatic heterocycles. The van der Waals surface area contributed by atoms with Crippen LogP contribution in [-0.4, -0.2) is 25.5 Å². The van der Waals surface area contributed by atoms with Crippen LogP contribution in [0, 0.1) is 5.92 Å². The van der Waals surface area contributed by atoms with Crippen molar-refractivity contribution in [3.63, 3.8) is 0 Å². The number of unbranched alkanes of at least 4 members (excludes halogenated alkanes) is 2. The highest BCUT2D eigenvalue weighted by atomic mass is 16.1. The van der Waals surface area contributed by atoms with Crippen LogP contribution in [-0.2, 0) is 11.2 Å². The van der Waals surface area contributed by atoms with Crippen molar-refractivity contribution in [2.75, 3.05) is 19.6 Å². The normalized spacial score (nSPS) is 18.4. The average Bonchev–Trinajstić information content (AvgIpc) is 2.98. The molecule has 104 valence electrons. The molecule has 19 heavy (non-hydrogen) atoms. The summed E-state index contributed by atoms with van der Waals surface area (Å²) >= 11 is 0. The van der Waals surface area contributed by atoms with E-state index in [1.807, 2.05) is 0 Å². The van der Waals surface area contributed by atoms with Crippen molar-refractivity contribution in [1.82, 2.24) is 10.6 Å². The quantitative estimate of drug-likeness (QED) is 0.737. The maximum atomic E-state index is 11.7. The third kappa shape index (κ3) is 5.03. The van der Waals surface area contributed by atoms with Crippen LogP contribution in [0.3, 0.4) is 0 Å². The van der Waals surface area contributed by atoms with Gasteiger partial charge in [-0.3, -0.25) is 4.79 Å². The van der Waals surface area contributed by atoms with Crippen LogP contribution in [0.2, 0.25) is 0 Å². The van der Waals surface area contributed by atoms with E-state index < -0.39 is 0 Å². The highest BCUT2D eigenvalue weighted by Gasteiger charge is 2.21. The number of aryl methyl sites for hydroxylation is 1. The number of amides is 1. The molecule has 1 unspecified atom stereocenters. The Morgan fingerprint density at radius 1 is 1.21 bits per heavy atom. The Kier molecular flexibility index (Phi) is 5.89. The number of hydrogen-bond acceptors (Lipinski definition) is 2. The zero-order valence-corrected chi connectivity index (χ0v) is 11.5. The predicted octanol–water partition coefficient (Wildman–Crippen LogP) is 2.13. The lowest BCUT2D eigenvalue weighted by Crippen LogP contribution is -2.32. The average molecular weight is 260 g/mol. The van der Waals surface area contributed by atoms with Gasteiger partial charge in [0.2, 0.25) is 5.91 Å². The highest BCUT2D eigenvalue weighted by molar-refractivity contribution is 5.79. The van der Waals surface area contributed by atoms with Crippen LogP contribution >= 0.6 is 0 Å². The minimum Gasteiger partial charge on any atom is -0.356 e. The second-order valence-corrected chi connectivity index (χ2v) is 5.28. The lowest BCUT2D eigenvalue weighted by molar-refractivity contribution is -0.124. The molecule has 1 aliphatic rings. The van der Waals surface area contributed by atoms with Gasteiger partial charge in [-0.25, -0.2) is 0 Å². The van der Waals surface area contributed by atoms with E-state index in [1.54, 1.807) is 0 Å². The van der Waals surface area contributed by atoms with Crippen LogP contribution < -0.4 is 10.6 Å². The minimum atomic E-state index is 0.198. The first-order chi connectivity index (χ1) is 9.36. The smallest absolute Gasteiger partial charge is 0.224 e. The molecule has 0 saturated carbocycles. The number of rotatable bonds is 7. The van der Waals surface area contributed by atoms with Gasteiger partial charge in [0.05, 0.1) is 5.92 Å². The van der Waals surface area contributed by atoms with Crippen molar-refractivity contribution in [3.8, 4) is 0 Å². The minimum absolute atomic E-state index is 0.198. The summed E-state index contributed by atoms with van der Waals surface area (Å²) in [5.74, 6) is 0.428. The van der Waals surface area contributed by atoms with Gasteiger partial charge in [0, 0.05) is 13.1 Å².